The average molecular weight is 264 g/mol. The number of rotatable bonds is 2. The largest absolute Gasteiger partial charge is 0.383 e. The molecule has 0 amide bonds. The van der Waals surface area contributed by atoms with Gasteiger partial charge in [-0.15, -0.1) is 0 Å². The third-order valence-corrected chi connectivity index (χ3v) is 3.10. The summed E-state index contributed by atoms with van der Waals surface area (Å²) in [6.07, 6.45) is 1.51. The van der Waals surface area contributed by atoms with Crippen LogP contribution in [0.5, 0.6) is 0 Å². The molecule has 3 N–H and O–H groups in total. The van der Waals surface area contributed by atoms with Crippen molar-refractivity contribution in [3.05, 3.63) is 58.8 Å². The highest BCUT2D eigenvalue weighted by atomic mass is 19.1. The summed E-state index contributed by atoms with van der Waals surface area (Å²) in [5.74, 6) is -1.37. The van der Waals surface area contributed by atoms with Crippen molar-refractivity contribution in [1.29, 1.82) is 0 Å². The molecular weight excluding hydrogens is 250 g/mol. The number of halogens is 2. The molecule has 0 bridgehead atoms. The summed E-state index contributed by atoms with van der Waals surface area (Å²) in [7, 11) is 0. The molecule has 2 aromatic rings. The molecular formula is C14H14F2N2O. The minimum atomic E-state index is -1.62. The lowest BCUT2D eigenvalue weighted by molar-refractivity contribution is 0.101. The second-order valence-corrected chi connectivity index (χ2v) is 4.62. The zero-order chi connectivity index (χ0) is 14.2. The van der Waals surface area contributed by atoms with Crippen LogP contribution in [-0.2, 0) is 5.60 Å². The Morgan fingerprint density at radius 3 is 2.32 bits per heavy atom. The van der Waals surface area contributed by atoms with Gasteiger partial charge in [-0.1, -0.05) is 0 Å². The molecule has 0 fully saturated rings. The van der Waals surface area contributed by atoms with Gasteiger partial charge in [0.1, 0.15) is 23.1 Å². The van der Waals surface area contributed by atoms with Crippen molar-refractivity contribution in [1.82, 2.24) is 4.98 Å². The van der Waals surface area contributed by atoms with Crippen LogP contribution < -0.4 is 5.73 Å². The molecule has 5 heteroatoms. The van der Waals surface area contributed by atoms with Gasteiger partial charge >= 0.3 is 0 Å². The standard InChI is InChI=1S/C14H14F2N2O/c1-8-3-4-18-13(17)12(8)14(2,19)9-5-10(15)7-11(16)6-9/h3-7,19H,1-2H3,(H2,17,18). The smallest absolute Gasteiger partial charge is 0.130 e. The second kappa shape index (κ2) is 4.59. The summed E-state index contributed by atoms with van der Waals surface area (Å²) in [4.78, 5) is 3.91. The van der Waals surface area contributed by atoms with Crippen LogP contribution in [0.4, 0.5) is 14.6 Å². The Morgan fingerprint density at radius 2 is 1.79 bits per heavy atom. The fourth-order valence-corrected chi connectivity index (χ4v) is 2.19. The summed E-state index contributed by atoms with van der Waals surface area (Å²) in [5, 5.41) is 10.6. The van der Waals surface area contributed by atoms with Gasteiger partial charge in [0.2, 0.25) is 0 Å². The van der Waals surface area contributed by atoms with Crippen molar-refractivity contribution < 1.29 is 13.9 Å². The van der Waals surface area contributed by atoms with E-state index in [0.29, 0.717) is 11.1 Å². The molecule has 0 saturated carbocycles. The van der Waals surface area contributed by atoms with Crippen molar-refractivity contribution in [3.63, 3.8) is 0 Å². The molecule has 1 atom stereocenters. The van der Waals surface area contributed by atoms with Gasteiger partial charge in [0.15, 0.2) is 0 Å². The monoisotopic (exact) mass is 264 g/mol. The number of anilines is 1. The SMILES string of the molecule is Cc1ccnc(N)c1C(C)(O)c1cc(F)cc(F)c1. The van der Waals surface area contributed by atoms with Crippen molar-refractivity contribution in [2.45, 2.75) is 19.4 Å². The molecule has 0 spiro atoms. The number of aliphatic hydroxyl groups is 1. The van der Waals surface area contributed by atoms with Gasteiger partial charge in [0.05, 0.1) is 0 Å². The first-order valence-electron chi connectivity index (χ1n) is 5.73. The predicted octanol–water partition coefficient (Wildman–Crippen LogP) is 2.51. The Kier molecular flexibility index (Phi) is 3.24. The Hall–Kier alpha value is -2.01. The highest BCUT2D eigenvalue weighted by molar-refractivity contribution is 5.51. The van der Waals surface area contributed by atoms with E-state index < -0.39 is 17.2 Å². The quantitative estimate of drug-likeness (QED) is 0.876. The van der Waals surface area contributed by atoms with Crippen molar-refractivity contribution in [2.75, 3.05) is 5.73 Å². The number of hydrogen-bond acceptors (Lipinski definition) is 3. The second-order valence-electron chi connectivity index (χ2n) is 4.62. The van der Waals surface area contributed by atoms with Gasteiger partial charge in [-0.2, -0.15) is 0 Å². The summed E-state index contributed by atoms with van der Waals surface area (Å²) < 4.78 is 26.6. The van der Waals surface area contributed by atoms with Crippen LogP contribution in [0.1, 0.15) is 23.6 Å². The third-order valence-electron chi connectivity index (χ3n) is 3.10. The first-order chi connectivity index (χ1) is 8.82. The highest BCUT2D eigenvalue weighted by Crippen LogP contribution is 2.34. The van der Waals surface area contributed by atoms with Crippen LogP contribution in [0.25, 0.3) is 0 Å². The van der Waals surface area contributed by atoms with Crippen molar-refractivity contribution in [2.24, 2.45) is 0 Å². The fourth-order valence-electron chi connectivity index (χ4n) is 2.19. The maximum atomic E-state index is 13.3. The predicted molar refractivity (Wildman–Crippen MR) is 68.4 cm³/mol. The number of pyridine rings is 1. The van der Waals surface area contributed by atoms with Crippen LogP contribution in [0.2, 0.25) is 0 Å². The highest BCUT2D eigenvalue weighted by Gasteiger charge is 2.31. The van der Waals surface area contributed by atoms with Crippen molar-refractivity contribution >= 4 is 5.82 Å². The minimum absolute atomic E-state index is 0.0906. The van der Waals surface area contributed by atoms with E-state index in [2.05, 4.69) is 4.98 Å². The van der Waals surface area contributed by atoms with E-state index in [1.165, 1.54) is 13.1 Å². The average Bonchev–Trinajstić information content (AvgIpc) is 2.26. The van der Waals surface area contributed by atoms with Crippen molar-refractivity contribution in [3.8, 4) is 0 Å². The number of aromatic nitrogens is 1. The fraction of sp³-hybridized carbons (Fsp3) is 0.214. The van der Waals surface area contributed by atoms with E-state index in [9.17, 15) is 13.9 Å². The third kappa shape index (κ3) is 2.42. The normalized spacial score (nSPS) is 14.2. The number of nitrogens with two attached hydrogens (primary N) is 1. The maximum Gasteiger partial charge on any atom is 0.130 e. The van der Waals surface area contributed by atoms with E-state index in [0.717, 1.165) is 18.2 Å². The van der Waals surface area contributed by atoms with Gasteiger partial charge < -0.3 is 10.8 Å². The Bertz CT molecular complexity index is 586. The van der Waals surface area contributed by atoms with Crippen LogP contribution in [0, 0.1) is 18.6 Å². The van der Waals surface area contributed by atoms with Gasteiger partial charge in [-0.25, -0.2) is 13.8 Å². The molecule has 1 unspecified atom stereocenters. The molecule has 0 aliphatic heterocycles. The maximum absolute atomic E-state index is 13.3. The molecule has 19 heavy (non-hydrogen) atoms. The minimum Gasteiger partial charge on any atom is -0.383 e. The summed E-state index contributed by atoms with van der Waals surface area (Å²) >= 11 is 0. The number of nitrogen functional groups attached to an aromatic ring is 1. The number of aryl methyl sites for hydroxylation is 1. The summed E-state index contributed by atoms with van der Waals surface area (Å²) in [6, 6.07) is 4.58. The molecule has 0 aliphatic carbocycles. The molecule has 3 nitrogen and oxygen atoms in total. The van der Waals surface area contributed by atoms with Gasteiger partial charge in [-0.05, 0) is 43.2 Å². The molecule has 1 aromatic carbocycles. The molecule has 0 saturated heterocycles. The first kappa shape index (κ1) is 13.4. The Labute approximate surface area is 109 Å². The number of nitrogens with zero attached hydrogens (tertiary/aromatic N) is 1. The number of benzene rings is 1. The molecule has 2 rings (SSSR count). The zero-order valence-electron chi connectivity index (χ0n) is 10.6. The summed E-state index contributed by atoms with van der Waals surface area (Å²) in [5.41, 5.74) is 5.28. The Morgan fingerprint density at radius 1 is 1.21 bits per heavy atom. The Balaban J connectivity index is 2.64. The van der Waals surface area contributed by atoms with Crippen LogP contribution in [-0.4, -0.2) is 10.1 Å². The van der Waals surface area contributed by atoms with Crippen LogP contribution in [0.3, 0.4) is 0 Å². The molecule has 1 heterocycles. The van der Waals surface area contributed by atoms with Crippen LogP contribution >= 0.6 is 0 Å². The molecule has 1 aromatic heterocycles. The van der Waals surface area contributed by atoms with Gasteiger partial charge in [0.25, 0.3) is 0 Å². The van der Waals surface area contributed by atoms with E-state index >= 15 is 0 Å². The molecule has 0 aliphatic rings. The lowest BCUT2D eigenvalue weighted by Gasteiger charge is -2.27. The van der Waals surface area contributed by atoms with Crippen LogP contribution in [0.15, 0.2) is 30.5 Å². The molecule has 100 valence electrons. The van der Waals surface area contributed by atoms with E-state index in [1.807, 2.05) is 0 Å². The first-order valence-corrected chi connectivity index (χ1v) is 5.73. The number of hydrogen-bond donors (Lipinski definition) is 2. The summed E-state index contributed by atoms with van der Waals surface area (Å²) in [6.45, 7) is 3.18. The van der Waals surface area contributed by atoms with E-state index in [4.69, 9.17) is 5.73 Å². The van der Waals surface area contributed by atoms with E-state index in [-0.39, 0.29) is 11.4 Å². The lowest BCUT2D eigenvalue weighted by Crippen LogP contribution is -2.26. The van der Waals surface area contributed by atoms with E-state index in [1.54, 1.807) is 13.0 Å². The topological polar surface area (TPSA) is 59.1 Å². The van der Waals surface area contributed by atoms with Gasteiger partial charge in [0, 0.05) is 17.8 Å². The van der Waals surface area contributed by atoms with Gasteiger partial charge in [-0.3, -0.25) is 0 Å². The zero-order valence-corrected chi connectivity index (χ0v) is 10.6. The molecule has 0 radical (unpaired) electrons. The lowest BCUT2D eigenvalue weighted by atomic mass is 9.86.